The first-order valence-electron chi connectivity index (χ1n) is 5.86. The van der Waals surface area contributed by atoms with Gasteiger partial charge in [-0.25, -0.2) is 15.0 Å². The molecule has 0 aliphatic carbocycles. The molecule has 0 aliphatic rings. The first-order chi connectivity index (χ1) is 9.81. The molecule has 1 N–H and O–H groups in total. The molecular formula is C13H10N4O2S. The molecular weight excluding hydrogens is 276 g/mol. The fourth-order valence-corrected chi connectivity index (χ4v) is 2.20. The Morgan fingerprint density at radius 1 is 1.20 bits per heavy atom. The van der Waals surface area contributed by atoms with Crippen LogP contribution in [0, 0.1) is 0 Å². The molecule has 7 heteroatoms. The summed E-state index contributed by atoms with van der Waals surface area (Å²) >= 11 is 1.23. The van der Waals surface area contributed by atoms with E-state index in [1.54, 1.807) is 18.5 Å². The summed E-state index contributed by atoms with van der Waals surface area (Å²) in [5.74, 6) is 0.268. The van der Waals surface area contributed by atoms with E-state index in [9.17, 15) is 4.79 Å². The van der Waals surface area contributed by atoms with Crippen LogP contribution < -0.4 is 5.32 Å². The summed E-state index contributed by atoms with van der Waals surface area (Å²) in [7, 11) is 0. The quantitative estimate of drug-likeness (QED) is 0.741. The van der Waals surface area contributed by atoms with Crippen molar-refractivity contribution < 1.29 is 9.21 Å². The number of benzene rings is 1. The fourth-order valence-electron chi connectivity index (χ4n) is 1.56. The average Bonchev–Trinajstić information content (AvgIpc) is 2.89. The molecule has 20 heavy (non-hydrogen) atoms. The molecule has 0 saturated carbocycles. The molecule has 2 heterocycles. The van der Waals surface area contributed by atoms with E-state index in [1.807, 2.05) is 24.3 Å². The van der Waals surface area contributed by atoms with Crippen molar-refractivity contribution in [2.24, 2.45) is 0 Å². The number of anilines is 1. The number of hydrogen-bond donors (Lipinski definition) is 1. The number of nitrogens with one attached hydrogen (secondary N) is 1. The van der Waals surface area contributed by atoms with Crippen molar-refractivity contribution in [1.29, 1.82) is 0 Å². The van der Waals surface area contributed by atoms with E-state index in [2.05, 4.69) is 20.3 Å². The zero-order valence-corrected chi connectivity index (χ0v) is 11.1. The predicted molar refractivity (Wildman–Crippen MR) is 75.4 cm³/mol. The fraction of sp³-hybridized carbons (Fsp3) is 0.0769. The van der Waals surface area contributed by atoms with Crippen LogP contribution in [0.5, 0.6) is 0 Å². The number of amides is 1. The van der Waals surface area contributed by atoms with Crippen LogP contribution in [0.15, 0.2) is 52.4 Å². The lowest BCUT2D eigenvalue weighted by molar-refractivity contribution is -0.113. The Bertz CT molecular complexity index is 696. The molecule has 1 amide bonds. The molecule has 0 saturated heterocycles. The first-order valence-corrected chi connectivity index (χ1v) is 6.85. The van der Waals surface area contributed by atoms with Gasteiger partial charge in [0.2, 0.25) is 11.9 Å². The SMILES string of the molecule is O=C(CSc1nc2ccccc2o1)Nc1ncccn1. The van der Waals surface area contributed by atoms with Crippen LogP contribution in [0.25, 0.3) is 11.1 Å². The topological polar surface area (TPSA) is 80.9 Å². The monoisotopic (exact) mass is 286 g/mol. The molecule has 0 atom stereocenters. The molecule has 0 unspecified atom stereocenters. The summed E-state index contributed by atoms with van der Waals surface area (Å²) < 4.78 is 5.51. The molecule has 6 nitrogen and oxygen atoms in total. The highest BCUT2D eigenvalue weighted by Gasteiger charge is 2.09. The number of fused-ring (bicyclic) bond motifs is 1. The Morgan fingerprint density at radius 2 is 2.00 bits per heavy atom. The minimum Gasteiger partial charge on any atom is -0.431 e. The Hall–Kier alpha value is -2.41. The van der Waals surface area contributed by atoms with Crippen LogP contribution in [0.3, 0.4) is 0 Å². The first kappa shape index (κ1) is 12.6. The van der Waals surface area contributed by atoms with E-state index >= 15 is 0 Å². The summed E-state index contributed by atoms with van der Waals surface area (Å²) in [6.07, 6.45) is 3.13. The lowest BCUT2D eigenvalue weighted by Crippen LogP contribution is -2.15. The molecule has 0 bridgehead atoms. The van der Waals surface area contributed by atoms with Crippen molar-refractivity contribution in [2.45, 2.75) is 5.22 Å². The van der Waals surface area contributed by atoms with Gasteiger partial charge in [0.05, 0.1) is 5.75 Å². The van der Waals surface area contributed by atoms with Gasteiger partial charge in [0.15, 0.2) is 5.58 Å². The average molecular weight is 286 g/mol. The second kappa shape index (κ2) is 5.70. The molecule has 2 aromatic heterocycles. The van der Waals surface area contributed by atoms with Crippen molar-refractivity contribution >= 4 is 34.7 Å². The third-order valence-corrected chi connectivity index (χ3v) is 3.25. The van der Waals surface area contributed by atoms with Gasteiger partial charge in [0.1, 0.15) is 5.52 Å². The smallest absolute Gasteiger partial charge is 0.257 e. The number of rotatable bonds is 4. The van der Waals surface area contributed by atoms with Gasteiger partial charge in [0, 0.05) is 12.4 Å². The maximum atomic E-state index is 11.7. The predicted octanol–water partition coefficient (Wildman–Crippen LogP) is 2.35. The molecule has 0 spiro atoms. The Labute approximate surface area is 118 Å². The van der Waals surface area contributed by atoms with Gasteiger partial charge < -0.3 is 4.42 Å². The van der Waals surface area contributed by atoms with E-state index in [4.69, 9.17) is 4.42 Å². The number of oxazole rings is 1. The Kier molecular flexibility index (Phi) is 3.60. The van der Waals surface area contributed by atoms with Gasteiger partial charge in [0.25, 0.3) is 5.22 Å². The second-order valence-corrected chi connectivity index (χ2v) is 4.78. The van der Waals surface area contributed by atoms with Crippen LogP contribution in [0.1, 0.15) is 0 Å². The third kappa shape index (κ3) is 2.94. The summed E-state index contributed by atoms with van der Waals surface area (Å²) in [5.41, 5.74) is 1.49. The van der Waals surface area contributed by atoms with Crippen molar-refractivity contribution in [2.75, 3.05) is 11.1 Å². The summed E-state index contributed by atoms with van der Waals surface area (Å²) in [5, 5.41) is 3.06. The largest absolute Gasteiger partial charge is 0.431 e. The second-order valence-electron chi connectivity index (χ2n) is 3.86. The van der Waals surface area contributed by atoms with Gasteiger partial charge in [-0.15, -0.1) is 0 Å². The maximum absolute atomic E-state index is 11.7. The minimum atomic E-state index is -0.205. The van der Waals surface area contributed by atoms with E-state index in [1.165, 1.54) is 11.8 Å². The highest BCUT2D eigenvalue weighted by Crippen LogP contribution is 2.22. The van der Waals surface area contributed by atoms with Crippen LogP contribution in [0.2, 0.25) is 0 Å². The van der Waals surface area contributed by atoms with E-state index in [0.29, 0.717) is 10.8 Å². The molecule has 0 radical (unpaired) electrons. The number of thioether (sulfide) groups is 1. The zero-order valence-electron chi connectivity index (χ0n) is 10.3. The number of hydrogen-bond acceptors (Lipinski definition) is 6. The van der Waals surface area contributed by atoms with Gasteiger partial charge in [-0.05, 0) is 18.2 Å². The van der Waals surface area contributed by atoms with Crippen molar-refractivity contribution in [3.05, 3.63) is 42.7 Å². The van der Waals surface area contributed by atoms with Crippen molar-refractivity contribution in [3.8, 4) is 0 Å². The lowest BCUT2D eigenvalue weighted by atomic mass is 10.3. The summed E-state index contributed by atoms with van der Waals surface area (Å²) in [4.78, 5) is 23.8. The number of carbonyl (C=O) groups excluding carboxylic acids is 1. The summed E-state index contributed by atoms with van der Waals surface area (Å²) in [6, 6.07) is 9.15. The normalized spacial score (nSPS) is 10.6. The van der Waals surface area contributed by atoms with Gasteiger partial charge in [-0.2, -0.15) is 0 Å². The highest BCUT2D eigenvalue weighted by molar-refractivity contribution is 7.99. The molecule has 3 rings (SSSR count). The zero-order chi connectivity index (χ0) is 13.8. The van der Waals surface area contributed by atoms with Crippen molar-refractivity contribution in [1.82, 2.24) is 15.0 Å². The van der Waals surface area contributed by atoms with E-state index in [0.717, 1.165) is 5.52 Å². The summed E-state index contributed by atoms with van der Waals surface area (Å²) in [6.45, 7) is 0. The minimum absolute atomic E-state index is 0.186. The molecule has 3 aromatic rings. The number of para-hydroxylation sites is 2. The molecule has 100 valence electrons. The molecule has 0 fully saturated rings. The number of carbonyl (C=O) groups is 1. The van der Waals surface area contributed by atoms with Crippen molar-refractivity contribution in [3.63, 3.8) is 0 Å². The van der Waals surface area contributed by atoms with Crippen LogP contribution in [0.4, 0.5) is 5.95 Å². The van der Waals surface area contributed by atoms with E-state index in [-0.39, 0.29) is 17.6 Å². The van der Waals surface area contributed by atoms with Crippen LogP contribution >= 0.6 is 11.8 Å². The lowest BCUT2D eigenvalue weighted by Gasteiger charge is -2.00. The Balaban J connectivity index is 1.60. The van der Waals surface area contributed by atoms with E-state index < -0.39 is 0 Å². The standard InChI is InChI=1S/C13H10N4O2S/c18-11(17-12-14-6-3-7-15-12)8-20-13-16-9-4-1-2-5-10(9)19-13/h1-7H,8H2,(H,14,15,17,18). The molecule has 0 aliphatic heterocycles. The number of aromatic nitrogens is 3. The third-order valence-electron chi connectivity index (χ3n) is 2.42. The van der Waals surface area contributed by atoms with Gasteiger partial charge >= 0.3 is 0 Å². The maximum Gasteiger partial charge on any atom is 0.257 e. The van der Waals surface area contributed by atoms with Crippen LogP contribution in [-0.4, -0.2) is 26.6 Å². The highest BCUT2D eigenvalue weighted by atomic mass is 32.2. The Morgan fingerprint density at radius 3 is 2.80 bits per heavy atom. The van der Waals surface area contributed by atoms with Gasteiger partial charge in [-0.3, -0.25) is 10.1 Å². The van der Waals surface area contributed by atoms with Crippen LogP contribution in [-0.2, 0) is 4.79 Å². The van der Waals surface area contributed by atoms with Gasteiger partial charge in [-0.1, -0.05) is 23.9 Å². The molecule has 1 aromatic carbocycles. The number of nitrogens with zero attached hydrogens (tertiary/aromatic N) is 3.